The van der Waals surface area contributed by atoms with Crippen LogP contribution in [0.25, 0.3) is 0 Å². The summed E-state index contributed by atoms with van der Waals surface area (Å²) in [5.74, 6) is 2.96. The average Bonchev–Trinajstić information content (AvgIpc) is 2.83. The first-order valence-electron chi connectivity index (χ1n) is 9.04. The van der Waals surface area contributed by atoms with Gasteiger partial charge in [0.25, 0.3) is 0 Å². The summed E-state index contributed by atoms with van der Waals surface area (Å²) in [4.78, 5) is 4.21. The largest absolute Gasteiger partial charge is 0.508 e. The molecule has 0 heterocycles. The van der Waals surface area contributed by atoms with Crippen molar-refractivity contribution in [2.45, 2.75) is 51.0 Å². The summed E-state index contributed by atoms with van der Waals surface area (Å²) in [6.07, 6.45) is 5.98. The van der Waals surface area contributed by atoms with E-state index in [9.17, 15) is 5.11 Å². The van der Waals surface area contributed by atoms with Crippen molar-refractivity contribution in [3.63, 3.8) is 0 Å². The van der Waals surface area contributed by atoms with Gasteiger partial charge in [-0.05, 0) is 85.2 Å². The van der Waals surface area contributed by atoms with E-state index in [0.717, 1.165) is 25.3 Å². The molecule has 3 unspecified atom stereocenters. The highest BCUT2D eigenvalue weighted by Gasteiger charge is 2.56. The normalized spacial score (nSPS) is 41.7. The van der Waals surface area contributed by atoms with E-state index in [4.69, 9.17) is 5.73 Å². The standard InChI is InChI=1S/C20H28N2O/c1-20-10-18(21)19-15-7-5-14(23)9-12(15)3-6-16(19)17(20)8-4-13(20)11-22-2/h5,7,9,13,16-19,23H,2-4,6,8,10-11,21H2,1H3/t13-,16?,17?,18+,19?,20-/m1/s1. The van der Waals surface area contributed by atoms with Crippen molar-refractivity contribution in [2.24, 2.45) is 33.9 Å². The minimum Gasteiger partial charge on any atom is -0.508 e. The van der Waals surface area contributed by atoms with Crippen molar-refractivity contribution in [2.75, 3.05) is 6.54 Å². The van der Waals surface area contributed by atoms with Gasteiger partial charge >= 0.3 is 0 Å². The molecule has 2 fully saturated rings. The van der Waals surface area contributed by atoms with Gasteiger partial charge in [0.15, 0.2) is 0 Å². The molecule has 3 heteroatoms. The van der Waals surface area contributed by atoms with Crippen LogP contribution in [0.5, 0.6) is 5.75 Å². The lowest BCUT2D eigenvalue weighted by molar-refractivity contribution is 0.0184. The molecule has 4 rings (SSSR count). The summed E-state index contributed by atoms with van der Waals surface area (Å²) in [7, 11) is 0. The smallest absolute Gasteiger partial charge is 0.115 e. The maximum absolute atomic E-state index is 9.79. The van der Waals surface area contributed by atoms with Crippen molar-refractivity contribution in [3.05, 3.63) is 29.3 Å². The molecule has 23 heavy (non-hydrogen) atoms. The molecule has 0 saturated heterocycles. The van der Waals surface area contributed by atoms with E-state index in [-0.39, 0.29) is 6.04 Å². The summed E-state index contributed by atoms with van der Waals surface area (Å²) in [6, 6.07) is 6.13. The molecule has 0 aromatic heterocycles. The van der Waals surface area contributed by atoms with Crippen molar-refractivity contribution in [1.82, 2.24) is 0 Å². The second-order valence-electron chi connectivity index (χ2n) is 8.27. The van der Waals surface area contributed by atoms with E-state index < -0.39 is 0 Å². The van der Waals surface area contributed by atoms with Gasteiger partial charge < -0.3 is 15.8 Å². The van der Waals surface area contributed by atoms with Crippen LogP contribution in [-0.2, 0) is 6.42 Å². The van der Waals surface area contributed by atoms with Crippen LogP contribution in [0.4, 0.5) is 0 Å². The Hall–Kier alpha value is -1.35. The van der Waals surface area contributed by atoms with E-state index in [2.05, 4.69) is 24.7 Å². The zero-order valence-corrected chi connectivity index (χ0v) is 14.0. The highest BCUT2D eigenvalue weighted by atomic mass is 16.3. The lowest BCUT2D eigenvalue weighted by Crippen LogP contribution is -2.52. The fourth-order valence-corrected chi connectivity index (χ4v) is 6.32. The number of benzene rings is 1. The van der Waals surface area contributed by atoms with Crippen LogP contribution in [0.15, 0.2) is 23.2 Å². The fraction of sp³-hybridized carbons (Fsp3) is 0.650. The number of hydrogen-bond acceptors (Lipinski definition) is 3. The Morgan fingerprint density at radius 3 is 2.96 bits per heavy atom. The number of nitrogens with two attached hydrogens (primary N) is 1. The minimum absolute atomic E-state index is 0.218. The number of aliphatic imine (C=N–C) groups is 1. The van der Waals surface area contributed by atoms with Gasteiger partial charge in [0.1, 0.15) is 5.75 Å². The van der Waals surface area contributed by atoms with Crippen molar-refractivity contribution in [1.29, 1.82) is 0 Å². The maximum atomic E-state index is 9.79. The highest BCUT2D eigenvalue weighted by Crippen LogP contribution is 2.62. The Kier molecular flexibility index (Phi) is 3.53. The Morgan fingerprint density at radius 2 is 2.17 bits per heavy atom. The van der Waals surface area contributed by atoms with Crippen LogP contribution in [0.2, 0.25) is 0 Å². The molecule has 3 aliphatic carbocycles. The van der Waals surface area contributed by atoms with E-state index in [1.165, 1.54) is 30.4 Å². The summed E-state index contributed by atoms with van der Waals surface area (Å²) in [5.41, 5.74) is 9.78. The summed E-state index contributed by atoms with van der Waals surface area (Å²) < 4.78 is 0. The quantitative estimate of drug-likeness (QED) is 0.821. The van der Waals surface area contributed by atoms with Gasteiger partial charge in [-0.3, -0.25) is 0 Å². The second-order valence-corrected chi connectivity index (χ2v) is 8.27. The van der Waals surface area contributed by atoms with Gasteiger partial charge in [0.2, 0.25) is 0 Å². The number of fused-ring (bicyclic) bond motifs is 5. The molecule has 0 aliphatic heterocycles. The molecule has 0 spiro atoms. The van der Waals surface area contributed by atoms with Crippen molar-refractivity contribution in [3.8, 4) is 5.75 Å². The number of phenolic OH excluding ortho intramolecular Hbond substituents is 1. The predicted molar refractivity (Wildman–Crippen MR) is 94.0 cm³/mol. The Labute approximate surface area is 139 Å². The fourth-order valence-electron chi connectivity index (χ4n) is 6.32. The van der Waals surface area contributed by atoms with E-state index in [1.807, 2.05) is 12.1 Å². The van der Waals surface area contributed by atoms with Gasteiger partial charge in [-0.25, -0.2) is 0 Å². The van der Waals surface area contributed by atoms with Gasteiger partial charge in [-0.2, -0.15) is 0 Å². The summed E-state index contributed by atoms with van der Waals surface area (Å²) in [6.45, 7) is 7.08. The number of aromatic hydroxyl groups is 1. The maximum Gasteiger partial charge on any atom is 0.115 e. The molecular weight excluding hydrogens is 284 g/mol. The Bertz CT molecular complexity index is 628. The first-order chi connectivity index (χ1) is 11.0. The molecule has 3 N–H and O–H groups in total. The predicted octanol–water partition coefficient (Wildman–Crippen LogP) is 3.50. The molecule has 6 atom stereocenters. The van der Waals surface area contributed by atoms with Crippen LogP contribution in [0, 0.1) is 23.2 Å². The molecular formula is C20H28N2O. The van der Waals surface area contributed by atoms with Crippen LogP contribution in [-0.4, -0.2) is 24.4 Å². The zero-order valence-electron chi connectivity index (χ0n) is 14.0. The van der Waals surface area contributed by atoms with E-state index in [1.54, 1.807) is 0 Å². The summed E-state index contributed by atoms with van der Waals surface area (Å²) in [5, 5.41) is 9.79. The first-order valence-corrected chi connectivity index (χ1v) is 9.04. The zero-order chi connectivity index (χ0) is 16.2. The molecule has 0 bridgehead atoms. The van der Waals surface area contributed by atoms with Crippen LogP contribution in [0.3, 0.4) is 0 Å². The number of aryl methyl sites for hydroxylation is 1. The topological polar surface area (TPSA) is 58.6 Å². The molecule has 2 saturated carbocycles. The first kappa shape index (κ1) is 15.2. The lowest BCUT2D eigenvalue weighted by Gasteiger charge is -2.53. The Balaban J connectivity index is 1.71. The van der Waals surface area contributed by atoms with Gasteiger partial charge in [-0.1, -0.05) is 13.0 Å². The average molecular weight is 312 g/mol. The lowest BCUT2D eigenvalue weighted by atomic mass is 9.52. The van der Waals surface area contributed by atoms with E-state index in [0.29, 0.717) is 28.9 Å². The monoisotopic (exact) mass is 312 g/mol. The summed E-state index contributed by atoms with van der Waals surface area (Å²) >= 11 is 0. The molecule has 1 aromatic rings. The number of phenols is 1. The molecule has 3 aliphatic rings. The third-order valence-corrected chi connectivity index (χ3v) is 7.30. The van der Waals surface area contributed by atoms with Crippen molar-refractivity contribution >= 4 is 6.72 Å². The molecule has 0 amide bonds. The van der Waals surface area contributed by atoms with Gasteiger partial charge in [-0.15, -0.1) is 0 Å². The minimum atomic E-state index is 0.218. The second kappa shape index (κ2) is 5.34. The molecule has 0 radical (unpaired) electrons. The molecule has 3 nitrogen and oxygen atoms in total. The van der Waals surface area contributed by atoms with Crippen LogP contribution >= 0.6 is 0 Å². The SMILES string of the molecule is C=NC[C@H]1CCC2C3CCc4cc(O)ccc4C3[C@@H](N)C[C@@]21C. The number of nitrogens with zero attached hydrogens (tertiary/aromatic N) is 1. The van der Waals surface area contributed by atoms with Crippen molar-refractivity contribution < 1.29 is 5.11 Å². The van der Waals surface area contributed by atoms with Gasteiger partial charge in [0, 0.05) is 18.5 Å². The Morgan fingerprint density at radius 1 is 1.35 bits per heavy atom. The van der Waals surface area contributed by atoms with Crippen LogP contribution in [0.1, 0.15) is 49.7 Å². The third-order valence-electron chi connectivity index (χ3n) is 7.30. The third kappa shape index (κ3) is 2.16. The van der Waals surface area contributed by atoms with Gasteiger partial charge in [0.05, 0.1) is 0 Å². The number of rotatable bonds is 2. The number of hydrogen-bond donors (Lipinski definition) is 2. The van der Waals surface area contributed by atoms with E-state index >= 15 is 0 Å². The molecule has 1 aromatic carbocycles. The molecule has 124 valence electrons. The van der Waals surface area contributed by atoms with Crippen LogP contribution < -0.4 is 5.73 Å². The highest BCUT2D eigenvalue weighted by molar-refractivity contribution is 5.41.